The second-order valence-corrected chi connectivity index (χ2v) is 12.5. The predicted molar refractivity (Wildman–Crippen MR) is 125 cm³/mol. The molecule has 2 bridgehead atoms. The molecule has 3 aliphatic rings. The standard InChI is InChI=1S/C27H51NO/c1-19(2)20(3)9-10-21(4)23-8-7-15-27(6)18-28-24(23)11-12-25(27)26(5)16-13-22(29)14-17-26/h19-25,28-29H,7-18H2,1-6H3. The van der Waals surface area contributed by atoms with E-state index in [1.165, 1.54) is 64.3 Å². The first-order valence-corrected chi connectivity index (χ1v) is 13.1. The van der Waals surface area contributed by atoms with Crippen LogP contribution in [0.3, 0.4) is 0 Å². The first-order valence-electron chi connectivity index (χ1n) is 13.1. The van der Waals surface area contributed by atoms with E-state index in [0.29, 0.717) is 10.8 Å². The molecule has 0 spiro atoms. The number of hydrogen-bond acceptors (Lipinski definition) is 2. The molecule has 2 aliphatic heterocycles. The Morgan fingerprint density at radius 1 is 0.862 bits per heavy atom. The van der Waals surface area contributed by atoms with Crippen molar-refractivity contribution in [2.24, 2.45) is 40.4 Å². The van der Waals surface area contributed by atoms with Crippen LogP contribution in [0.5, 0.6) is 0 Å². The number of nitrogens with one attached hydrogen (secondary N) is 1. The van der Waals surface area contributed by atoms with Gasteiger partial charge in [-0.15, -0.1) is 0 Å². The maximum Gasteiger partial charge on any atom is 0.0540 e. The third-order valence-corrected chi connectivity index (χ3v) is 10.1. The lowest BCUT2D eigenvalue weighted by molar-refractivity contribution is -0.0220. The van der Waals surface area contributed by atoms with Crippen molar-refractivity contribution in [2.45, 2.75) is 124 Å². The van der Waals surface area contributed by atoms with Gasteiger partial charge in [0.1, 0.15) is 0 Å². The lowest BCUT2D eigenvalue weighted by Gasteiger charge is -2.50. The molecule has 0 aromatic heterocycles. The van der Waals surface area contributed by atoms with Crippen molar-refractivity contribution < 1.29 is 5.11 Å². The van der Waals surface area contributed by atoms with Gasteiger partial charge in [-0.3, -0.25) is 0 Å². The number of aliphatic hydroxyl groups is 1. The average Bonchev–Trinajstić information content (AvgIpc) is 2.79. The second kappa shape index (κ2) is 9.60. The van der Waals surface area contributed by atoms with Crippen molar-refractivity contribution in [3.05, 3.63) is 0 Å². The van der Waals surface area contributed by atoms with E-state index in [1.807, 2.05) is 0 Å². The first kappa shape index (κ1) is 23.6. The molecule has 2 heterocycles. The monoisotopic (exact) mass is 405 g/mol. The van der Waals surface area contributed by atoms with E-state index in [9.17, 15) is 5.11 Å². The summed E-state index contributed by atoms with van der Waals surface area (Å²) >= 11 is 0. The Hall–Kier alpha value is -0.0800. The molecule has 170 valence electrons. The third-order valence-electron chi connectivity index (χ3n) is 10.1. The Balaban J connectivity index is 1.68. The maximum atomic E-state index is 10.1. The SMILES string of the molecule is CC(C)C(C)CCC(C)C1CCCC2(C)CNC1CCC2C1(C)CCC(O)CC1. The van der Waals surface area contributed by atoms with Gasteiger partial charge in [0.2, 0.25) is 0 Å². The summed E-state index contributed by atoms with van der Waals surface area (Å²) in [5.74, 6) is 4.18. The average molecular weight is 406 g/mol. The van der Waals surface area contributed by atoms with Crippen LogP contribution in [0.2, 0.25) is 0 Å². The smallest absolute Gasteiger partial charge is 0.0540 e. The minimum absolute atomic E-state index is 0.0415. The Morgan fingerprint density at radius 2 is 1.55 bits per heavy atom. The van der Waals surface area contributed by atoms with Crippen molar-refractivity contribution in [2.75, 3.05) is 6.54 Å². The topological polar surface area (TPSA) is 32.3 Å². The van der Waals surface area contributed by atoms with Crippen LogP contribution < -0.4 is 5.32 Å². The lowest BCUT2D eigenvalue weighted by Crippen LogP contribution is -2.48. The highest BCUT2D eigenvalue weighted by molar-refractivity contribution is 5.01. The van der Waals surface area contributed by atoms with Crippen LogP contribution in [-0.4, -0.2) is 23.8 Å². The summed E-state index contributed by atoms with van der Waals surface area (Å²) in [6.07, 6.45) is 14.2. The second-order valence-electron chi connectivity index (χ2n) is 12.5. The van der Waals surface area contributed by atoms with Crippen LogP contribution in [0.25, 0.3) is 0 Å². The third kappa shape index (κ3) is 5.40. The summed E-state index contributed by atoms with van der Waals surface area (Å²) in [6, 6.07) is 0.724. The summed E-state index contributed by atoms with van der Waals surface area (Å²) in [6.45, 7) is 16.1. The highest BCUT2D eigenvalue weighted by atomic mass is 16.3. The summed E-state index contributed by atoms with van der Waals surface area (Å²) < 4.78 is 0. The molecule has 0 radical (unpaired) electrons. The number of hydrogen-bond donors (Lipinski definition) is 2. The van der Waals surface area contributed by atoms with Crippen molar-refractivity contribution in [1.29, 1.82) is 0 Å². The molecule has 1 saturated carbocycles. The normalized spacial score (nSPS) is 43.4. The molecule has 3 fully saturated rings. The molecule has 2 N–H and O–H groups in total. The molecule has 6 atom stereocenters. The van der Waals surface area contributed by atoms with E-state index < -0.39 is 0 Å². The van der Waals surface area contributed by atoms with E-state index in [4.69, 9.17) is 0 Å². The Labute approximate surface area is 182 Å². The fourth-order valence-electron chi connectivity index (χ4n) is 7.41. The molecule has 1 aliphatic carbocycles. The summed E-state index contributed by atoms with van der Waals surface area (Å²) in [4.78, 5) is 0. The van der Waals surface area contributed by atoms with Crippen LogP contribution in [0.15, 0.2) is 0 Å². The van der Waals surface area contributed by atoms with Gasteiger partial charge in [-0.2, -0.15) is 0 Å². The molecule has 29 heavy (non-hydrogen) atoms. The minimum atomic E-state index is -0.0415. The van der Waals surface area contributed by atoms with E-state index in [2.05, 4.69) is 46.9 Å². The number of fused-ring (bicyclic) bond motifs is 3. The van der Waals surface area contributed by atoms with Crippen LogP contribution in [0, 0.1) is 40.4 Å². The van der Waals surface area contributed by atoms with Crippen molar-refractivity contribution in [1.82, 2.24) is 5.32 Å². The molecular weight excluding hydrogens is 354 g/mol. The van der Waals surface area contributed by atoms with Crippen molar-refractivity contribution in [3.8, 4) is 0 Å². The van der Waals surface area contributed by atoms with Gasteiger partial charge in [-0.05, 0) is 91.8 Å². The van der Waals surface area contributed by atoms with Gasteiger partial charge in [0.15, 0.2) is 0 Å². The van der Waals surface area contributed by atoms with Gasteiger partial charge in [0, 0.05) is 12.6 Å². The predicted octanol–water partition coefficient (Wildman–Crippen LogP) is 6.81. The Kier molecular flexibility index (Phi) is 7.80. The molecular formula is C27H51NO. The largest absolute Gasteiger partial charge is 0.393 e. The van der Waals surface area contributed by atoms with E-state index in [-0.39, 0.29) is 6.10 Å². The summed E-state index contributed by atoms with van der Waals surface area (Å²) in [5.41, 5.74) is 0.870. The van der Waals surface area contributed by atoms with Crippen LogP contribution in [0.1, 0.15) is 112 Å². The van der Waals surface area contributed by atoms with Gasteiger partial charge < -0.3 is 10.4 Å². The highest BCUT2D eigenvalue weighted by Gasteiger charge is 2.49. The van der Waals surface area contributed by atoms with Gasteiger partial charge in [0.25, 0.3) is 0 Å². The highest BCUT2D eigenvalue weighted by Crippen LogP contribution is 2.55. The van der Waals surface area contributed by atoms with Crippen LogP contribution in [-0.2, 0) is 0 Å². The molecule has 2 heteroatoms. The summed E-state index contributed by atoms with van der Waals surface area (Å²) in [7, 11) is 0. The Bertz CT molecular complexity index is 509. The van der Waals surface area contributed by atoms with Gasteiger partial charge in [0.05, 0.1) is 6.10 Å². The maximum absolute atomic E-state index is 10.1. The fraction of sp³-hybridized carbons (Fsp3) is 1.00. The molecule has 3 rings (SSSR count). The number of rotatable bonds is 6. The molecule has 6 unspecified atom stereocenters. The van der Waals surface area contributed by atoms with E-state index in [0.717, 1.165) is 48.5 Å². The number of aliphatic hydroxyl groups excluding tert-OH is 1. The molecule has 0 aromatic carbocycles. The van der Waals surface area contributed by atoms with Gasteiger partial charge >= 0.3 is 0 Å². The molecule has 2 saturated heterocycles. The molecule has 2 nitrogen and oxygen atoms in total. The molecule has 0 aromatic rings. The molecule has 0 amide bonds. The van der Waals surface area contributed by atoms with Crippen molar-refractivity contribution in [3.63, 3.8) is 0 Å². The zero-order valence-electron chi connectivity index (χ0n) is 20.5. The minimum Gasteiger partial charge on any atom is -0.393 e. The van der Waals surface area contributed by atoms with Crippen molar-refractivity contribution >= 4 is 0 Å². The zero-order valence-corrected chi connectivity index (χ0v) is 20.5. The van der Waals surface area contributed by atoms with Gasteiger partial charge in [-0.1, -0.05) is 60.8 Å². The lowest BCUT2D eigenvalue weighted by atomic mass is 9.56. The van der Waals surface area contributed by atoms with E-state index >= 15 is 0 Å². The first-order chi connectivity index (χ1) is 13.6. The quantitative estimate of drug-likeness (QED) is 0.508. The zero-order chi connectivity index (χ0) is 21.2. The fourth-order valence-corrected chi connectivity index (χ4v) is 7.41. The van der Waals surface area contributed by atoms with Crippen LogP contribution in [0.4, 0.5) is 0 Å². The van der Waals surface area contributed by atoms with Gasteiger partial charge in [-0.25, -0.2) is 0 Å². The summed E-state index contributed by atoms with van der Waals surface area (Å²) in [5, 5.41) is 14.2. The van der Waals surface area contributed by atoms with E-state index in [1.54, 1.807) is 0 Å². The Morgan fingerprint density at radius 3 is 2.21 bits per heavy atom. The van der Waals surface area contributed by atoms with Crippen LogP contribution >= 0.6 is 0 Å².